The largest absolute Gasteiger partial charge is 0.489 e. The highest BCUT2D eigenvalue weighted by Gasteiger charge is 2.20. The number of nitrogens with zero attached hydrogens (tertiary/aromatic N) is 1. The van der Waals surface area contributed by atoms with E-state index in [4.69, 9.17) is 4.74 Å². The van der Waals surface area contributed by atoms with E-state index in [2.05, 4.69) is 28.5 Å². The van der Waals surface area contributed by atoms with Gasteiger partial charge in [0.1, 0.15) is 12.4 Å². The molecular formula is C18H20N2O. The van der Waals surface area contributed by atoms with Crippen LogP contribution in [0.4, 0.5) is 0 Å². The van der Waals surface area contributed by atoms with E-state index >= 15 is 0 Å². The number of aromatic nitrogens is 1. The molecule has 108 valence electrons. The summed E-state index contributed by atoms with van der Waals surface area (Å²) < 4.78 is 5.84. The zero-order chi connectivity index (χ0) is 14.3. The van der Waals surface area contributed by atoms with Crippen molar-refractivity contribution in [3.63, 3.8) is 0 Å². The van der Waals surface area contributed by atoms with Crippen molar-refractivity contribution in [1.82, 2.24) is 10.3 Å². The third-order valence-corrected chi connectivity index (χ3v) is 3.46. The van der Waals surface area contributed by atoms with Crippen molar-refractivity contribution in [3.05, 3.63) is 66.0 Å². The molecule has 1 aromatic carbocycles. The molecule has 21 heavy (non-hydrogen) atoms. The van der Waals surface area contributed by atoms with E-state index in [-0.39, 0.29) is 0 Å². The summed E-state index contributed by atoms with van der Waals surface area (Å²) in [6, 6.07) is 12.9. The monoisotopic (exact) mass is 280 g/mol. The molecule has 0 atom stereocenters. The van der Waals surface area contributed by atoms with Crippen LogP contribution in [0, 0.1) is 0 Å². The van der Waals surface area contributed by atoms with Gasteiger partial charge in [0.25, 0.3) is 0 Å². The van der Waals surface area contributed by atoms with Gasteiger partial charge < -0.3 is 10.1 Å². The van der Waals surface area contributed by atoms with Crippen LogP contribution in [0.25, 0.3) is 6.08 Å². The summed E-state index contributed by atoms with van der Waals surface area (Å²) in [7, 11) is 0. The topological polar surface area (TPSA) is 34.1 Å². The van der Waals surface area contributed by atoms with Crippen LogP contribution in [0.5, 0.6) is 5.75 Å². The minimum absolute atomic E-state index is 0.565. The van der Waals surface area contributed by atoms with Gasteiger partial charge in [0.15, 0.2) is 0 Å². The lowest BCUT2D eigenvalue weighted by atomic mass is 10.2. The maximum Gasteiger partial charge on any atom is 0.127 e. The van der Waals surface area contributed by atoms with Gasteiger partial charge in [0.2, 0.25) is 0 Å². The Morgan fingerprint density at radius 1 is 1.19 bits per heavy atom. The van der Waals surface area contributed by atoms with E-state index in [0.717, 1.165) is 17.9 Å². The second-order valence-corrected chi connectivity index (χ2v) is 5.26. The summed E-state index contributed by atoms with van der Waals surface area (Å²) in [4.78, 5) is 4.18. The van der Waals surface area contributed by atoms with Gasteiger partial charge in [-0.25, -0.2) is 0 Å². The van der Waals surface area contributed by atoms with E-state index in [9.17, 15) is 0 Å². The molecule has 1 aliphatic carbocycles. The Morgan fingerprint density at radius 2 is 2.05 bits per heavy atom. The third-order valence-electron chi connectivity index (χ3n) is 3.46. The van der Waals surface area contributed by atoms with Crippen LogP contribution in [0.1, 0.15) is 24.0 Å². The summed E-state index contributed by atoms with van der Waals surface area (Å²) in [5.74, 6) is 0.913. The highest BCUT2D eigenvalue weighted by Crippen LogP contribution is 2.22. The molecule has 1 aromatic heterocycles. The van der Waals surface area contributed by atoms with Gasteiger partial charge in [-0.3, -0.25) is 4.98 Å². The fraction of sp³-hybridized carbons (Fsp3) is 0.278. The Kier molecular flexibility index (Phi) is 4.64. The van der Waals surface area contributed by atoms with E-state index in [0.29, 0.717) is 12.6 Å². The summed E-state index contributed by atoms with van der Waals surface area (Å²) >= 11 is 0. The quantitative estimate of drug-likeness (QED) is 0.843. The Bertz CT molecular complexity index is 591. The van der Waals surface area contributed by atoms with Crippen molar-refractivity contribution in [2.75, 3.05) is 6.61 Å². The minimum atomic E-state index is 0.565. The SMILES string of the molecule is C(=C\c1ccccc1)/COc1ccncc1CNC1CC1. The molecule has 0 unspecified atom stereocenters. The first kappa shape index (κ1) is 13.8. The lowest BCUT2D eigenvalue weighted by molar-refractivity contribution is 0.357. The van der Waals surface area contributed by atoms with E-state index < -0.39 is 0 Å². The van der Waals surface area contributed by atoms with Gasteiger partial charge in [0.05, 0.1) is 0 Å². The van der Waals surface area contributed by atoms with Gasteiger partial charge in [-0.05, 0) is 30.5 Å². The molecule has 1 aliphatic rings. The highest BCUT2D eigenvalue weighted by molar-refractivity contribution is 5.48. The maximum atomic E-state index is 5.84. The van der Waals surface area contributed by atoms with Crippen LogP contribution in [0.15, 0.2) is 54.9 Å². The lowest BCUT2D eigenvalue weighted by Gasteiger charge is -2.10. The molecule has 1 fully saturated rings. The molecule has 0 aliphatic heterocycles. The van der Waals surface area contributed by atoms with Crippen LogP contribution in [-0.2, 0) is 6.54 Å². The molecule has 2 aromatic rings. The van der Waals surface area contributed by atoms with Gasteiger partial charge in [-0.2, -0.15) is 0 Å². The average molecular weight is 280 g/mol. The Morgan fingerprint density at radius 3 is 2.86 bits per heavy atom. The number of benzene rings is 1. The Labute approximate surface area is 125 Å². The van der Waals surface area contributed by atoms with Gasteiger partial charge in [-0.1, -0.05) is 36.4 Å². The average Bonchev–Trinajstić information content (AvgIpc) is 3.36. The first-order chi connectivity index (χ1) is 10.4. The van der Waals surface area contributed by atoms with Crippen LogP contribution in [0.3, 0.4) is 0 Å². The number of pyridine rings is 1. The number of hydrogen-bond donors (Lipinski definition) is 1. The Hall–Kier alpha value is -2.13. The van der Waals surface area contributed by atoms with Crippen molar-refractivity contribution in [2.24, 2.45) is 0 Å². The van der Waals surface area contributed by atoms with Gasteiger partial charge in [-0.15, -0.1) is 0 Å². The van der Waals surface area contributed by atoms with Gasteiger partial charge in [0, 0.05) is 30.5 Å². The number of ether oxygens (including phenoxy) is 1. The van der Waals surface area contributed by atoms with Crippen LogP contribution in [-0.4, -0.2) is 17.6 Å². The third kappa shape index (κ3) is 4.43. The van der Waals surface area contributed by atoms with Crippen molar-refractivity contribution < 1.29 is 4.74 Å². The van der Waals surface area contributed by atoms with E-state index in [1.54, 1.807) is 6.20 Å². The summed E-state index contributed by atoms with van der Waals surface area (Å²) in [6.07, 6.45) is 10.3. The van der Waals surface area contributed by atoms with Gasteiger partial charge >= 0.3 is 0 Å². The molecule has 0 spiro atoms. The molecule has 0 amide bonds. The minimum Gasteiger partial charge on any atom is -0.489 e. The maximum absolute atomic E-state index is 5.84. The van der Waals surface area contributed by atoms with Crippen molar-refractivity contribution in [3.8, 4) is 5.75 Å². The van der Waals surface area contributed by atoms with E-state index in [1.165, 1.54) is 18.4 Å². The lowest BCUT2D eigenvalue weighted by Crippen LogP contribution is -2.16. The summed E-state index contributed by atoms with van der Waals surface area (Å²) in [6.45, 7) is 1.39. The van der Waals surface area contributed by atoms with Crippen LogP contribution >= 0.6 is 0 Å². The van der Waals surface area contributed by atoms with E-state index in [1.807, 2.05) is 36.5 Å². The second-order valence-electron chi connectivity index (χ2n) is 5.26. The molecule has 3 rings (SSSR count). The molecule has 3 nitrogen and oxygen atoms in total. The summed E-state index contributed by atoms with van der Waals surface area (Å²) in [5, 5.41) is 3.49. The van der Waals surface area contributed by atoms with Crippen molar-refractivity contribution in [1.29, 1.82) is 0 Å². The number of hydrogen-bond acceptors (Lipinski definition) is 3. The predicted octanol–water partition coefficient (Wildman–Crippen LogP) is 3.43. The smallest absolute Gasteiger partial charge is 0.127 e. The standard InChI is InChI=1S/C18H20N2O/c1-2-5-15(6-3-1)7-4-12-21-18-10-11-19-13-16(18)14-20-17-8-9-17/h1-7,10-11,13,17,20H,8-9,12,14H2/b7-4+. The molecular weight excluding hydrogens is 260 g/mol. The Balaban J connectivity index is 1.53. The normalized spacial score (nSPS) is 14.5. The first-order valence-corrected chi connectivity index (χ1v) is 7.42. The highest BCUT2D eigenvalue weighted by atomic mass is 16.5. The van der Waals surface area contributed by atoms with Crippen LogP contribution in [0.2, 0.25) is 0 Å². The van der Waals surface area contributed by atoms with Crippen LogP contribution < -0.4 is 10.1 Å². The fourth-order valence-electron chi connectivity index (χ4n) is 2.12. The molecule has 0 radical (unpaired) electrons. The molecule has 0 saturated heterocycles. The first-order valence-electron chi connectivity index (χ1n) is 7.42. The summed E-state index contributed by atoms with van der Waals surface area (Å²) in [5.41, 5.74) is 2.31. The zero-order valence-corrected chi connectivity index (χ0v) is 12.0. The number of rotatable bonds is 7. The molecule has 1 N–H and O–H groups in total. The molecule has 3 heteroatoms. The number of nitrogens with one attached hydrogen (secondary N) is 1. The zero-order valence-electron chi connectivity index (χ0n) is 12.0. The predicted molar refractivity (Wildman–Crippen MR) is 85.1 cm³/mol. The molecule has 0 bridgehead atoms. The second kappa shape index (κ2) is 7.04. The molecule has 1 heterocycles. The molecule has 1 saturated carbocycles. The van der Waals surface area contributed by atoms with Crippen molar-refractivity contribution in [2.45, 2.75) is 25.4 Å². The van der Waals surface area contributed by atoms with Crippen molar-refractivity contribution >= 4 is 6.08 Å². The fourth-order valence-corrected chi connectivity index (χ4v) is 2.12.